The van der Waals surface area contributed by atoms with Crippen LogP contribution in [0.25, 0.3) is 0 Å². The summed E-state index contributed by atoms with van der Waals surface area (Å²) in [7, 11) is 1.64. The zero-order valence-electron chi connectivity index (χ0n) is 13.8. The Kier molecular flexibility index (Phi) is 4.55. The van der Waals surface area contributed by atoms with Crippen LogP contribution in [0.2, 0.25) is 0 Å². The molecule has 23 heavy (non-hydrogen) atoms. The Hall–Kier alpha value is -2.04. The van der Waals surface area contributed by atoms with E-state index in [9.17, 15) is 9.59 Å². The maximum absolute atomic E-state index is 12.3. The number of rotatable bonds is 5. The summed E-state index contributed by atoms with van der Waals surface area (Å²) in [6.45, 7) is 3.23. The van der Waals surface area contributed by atoms with Gasteiger partial charge in [-0.1, -0.05) is 18.6 Å². The first-order valence-electron chi connectivity index (χ1n) is 8.28. The molecule has 2 aliphatic rings. The third-order valence-electron chi connectivity index (χ3n) is 4.88. The second-order valence-corrected chi connectivity index (χ2v) is 6.61. The van der Waals surface area contributed by atoms with E-state index >= 15 is 0 Å². The van der Waals surface area contributed by atoms with Crippen LogP contribution in [0.1, 0.15) is 30.4 Å². The van der Waals surface area contributed by atoms with Gasteiger partial charge in [0.25, 0.3) is 0 Å². The highest BCUT2D eigenvalue weighted by molar-refractivity contribution is 5.82. The molecule has 0 atom stereocenters. The van der Waals surface area contributed by atoms with Crippen molar-refractivity contribution >= 4 is 11.8 Å². The molecule has 1 aromatic carbocycles. The van der Waals surface area contributed by atoms with Crippen molar-refractivity contribution in [3.05, 3.63) is 29.3 Å². The van der Waals surface area contributed by atoms with Crippen molar-refractivity contribution in [1.29, 1.82) is 0 Å². The molecule has 0 aromatic heterocycles. The van der Waals surface area contributed by atoms with Gasteiger partial charge in [0.05, 0.1) is 19.6 Å². The fraction of sp³-hybridized carbons (Fsp3) is 0.556. The second-order valence-electron chi connectivity index (χ2n) is 6.61. The lowest BCUT2D eigenvalue weighted by Gasteiger charge is -2.40. The van der Waals surface area contributed by atoms with Gasteiger partial charge in [0, 0.05) is 19.0 Å². The van der Waals surface area contributed by atoms with Crippen molar-refractivity contribution < 1.29 is 14.3 Å². The molecule has 5 heteroatoms. The van der Waals surface area contributed by atoms with Gasteiger partial charge in [-0.2, -0.15) is 0 Å². The van der Waals surface area contributed by atoms with Crippen molar-refractivity contribution in [2.24, 2.45) is 5.92 Å². The monoisotopic (exact) mass is 316 g/mol. The lowest BCUT2D eigenvalue weighted by molar-refractivity contribution is -0.138. The summed E-state index contributed by atoms with van der Waals surface area (Å²) in [5.41, 5.74) is 2.02. The number of methoxy groups -OCH3 is 1. The molecule has 0 bridgehead atoms. The largest absolute Gasteiger partial charge is 0.496 e. The van der Waals surface area contributed by atoms with E-state index in [1.54, 1.807) is 12.0 Å². The third kappa shape index (κ3) is 3.49. The van der Waals surface area contributed by atoms with Crippen LogP contribution in [0.3, 0.4) is 0 Å². The van der Waals surface area contributed by atoms with Crippen LogP contribution in [0.15, 0.2) is 18.2 Å². The number of nitrogens with one attached hydrogen (secondary N) is 1. The van der Waals surface area contributed by atoms with Crippen LogP contribution < -0.4 is 10.1 Å². The van der Waals surface area contributed by atoms with Gasteiger partial charge in [-0.05, 0) is 37.0 Å². The number of hydrogen-bond donors (Lipinski definition) is 1. The van der Waals surface area contributed by atoms with Crippen LogP contribution in [0.4, 0.5) is 0 Å². The SMILES string of the molecule is COc1cc(CC(=O)N2CC(NC(=O)C3CCC3)C2)ccc1C. The number of aryl methyl sites for hydroxylation is 1. The number of carbonyl (C=O) groups excluding carboxylic acids is 2. The minimum absolute atomic E-state index is 0.102. The molecule has 1 saturated carbocycles. The Balaban J connectivity index is 1.46. The molecule has 1 heterocycles. The van der Waals surface area contributed by atoms with Crippen LogP contribution in [0, 0.1) is 12.8 Å². The molecule has 1 aromatic rings. The summed E-state index contributed by atoms with van der Waals surface area (Å²) in [4.78, 5) is 26.0. The second kappa shape index (κ2) is 6.60. The highest BCUT2D eigenvalue weighted by atomic mass is 16.5. The van der Waals surface area contributed by atoms with E-state index in [2.05, 4.69) is 5.32 Å². The Bertz CT molecular complexity index is 604. The Morgan fingerprint density at radius 2 is 2.04 bits per heavy atom. The van der Waals surface area contributed by atoms with Gasteiger partial charge in [0.15, 0.2) is 0 Å². The number of ether oxygens (including phenoxy) is 1. The molecule has 0 radical (unpaired) electrons. The van der Waals surface area contributed by atoms with E-state index in [0.29, 0.717) is 19.5 Å². The van der Waals surface area contributed by atoms with Gasteiger partial charge in [-0.15, -0.1) is 0 Å². The van der Waals surface area contributed by atoms with E-state index < -0.39 is 0 Å². The molecule has 1 aliphatic heterocycles. The zero-order chi connectivity index (χ0) is 16.4. The first-order valence-corrected chi connectivity index (χ1v) is 8.28. The number of hydrogen-bond acceptors (Lipinski definition) is 3. The van der Waals surface area contributed by atoms with Gasteiger partial charge < -0.3 is 15.0 Å². The number of nitrogens with zero attached hydrogens (tertiary/aromatic N) is 1. The van der Waals surface area contributed by atoms with E-state index in [1.807, 2.05) is 25.1 Å². The molecule has 2 fully saturated rings. The molecule has 0 unspecified atom stereocenters. The summed E-state index contributed by atoms with van der Waals surface area (Å²) in [5.74, 6) is 1.28. The molecule has 2 amide bonds. The fourth-order valence-electron chi connectivity index (χ4n) is 3.02. The van der Waals surface area contributed by atoms with E-state index in [0.717, 1.165) is 36.1 Å². The number of benzene rings is 1. The highest BCUT2D eigenvalue weighted by Gasteiger charge is 2.34. The predicted octanol–water partition coefficient (Wildman–Crippen LogP) is 1.67. The van der Waals surface area contributed by atoms with E-state index in [4.69, 9.17) is 4.74 Å². The summed E-state index contributed by atoms with van der Waals surface area (Å²) in [6.07, 6.45) is 3.56. The predicted molar refractivity (Wildman–Crippen MR) is 87.3 cm³/mol. The first kappa shape index (κ1) is 15.8. The molecule has 1 saturated heterocycles. The summed E-state index contributed by atoms with van der Waals surface area (Å²) < 4.78 is 5.29. The maximum Gasteiger partial charge on any atom is 0.227 e. The van der Waals surface area contributed by atoms with Gasteiger partial charge in [0.1, 0.15) is 5.75 Å². The van der Waals surface area contributed by atoms with Crippen LogP contribution in [-0.4, -0.2) is 43.0 Å². The van der Waals surface area contributed by atoms with Crippen molar-refractivity contribution in [3.63, 3.8) is 0 Å². The van der Waals surface area contributed by atoms with Crippen molar-refractivity contribution in [3.8, 4) is 5.75 Å². The van der Waals surface area contributed by atoms with Crippen molar-refractivity contribution in [1.82, 2.24) is 10.2 Å². The van der Waals surface area contributed by atoms with Crippen molar-refractivity contribution in [2.45, 2.75) is 38.6 Å². The zero-order valence-corrected chi connectivity index (χ0v) is 13.8. The van der Waals surface area contributed by atoms with Crippen LogP contribution in [0.5, 0.6) is 5.75 Å². The van der Waals surface area contributed by atoms with Crippen molar-refractivity contribution in [2.75, 3.05) is 20.2 Å². The first-order chi connectivity index (χ1) is 11.1. The standard InChI is InChI=1S/C18H24N2O3/c1-12-6-7-13(8-16(12)23-2)9-17(21)20-10-15(11-20)19-18(22)14-4-3-5-14/h6-8,14-15H,3-5,9-11H2,1-2H3,(H,19,22). The number of amides is 2. The quantitative estimate of drug-likeness (QED) is 0.899. The Labute approximate surface area is 137 Å². The average Bonchev–Trinajstić information content (AvgIpc) is 2.42. The minimum atomic E-state index is 0.102. The van der Waals surface area contributed by atoms with Crippen LogP contribution >= 0.6 is 0 Å². The molecule has 1 N–H and O–H groups in total. The fourth-order valence-corrected chi connectivity index (χ4v) is 3.02. The topological polar surface area (TPSA) is 58.6 Å². The summed E-state index contributed by atoms with van der Waals surface area (Å²) >= 11 is 0. The normalized spacial score (nSPS) is 18.1. The van der Waals surface area contributed by atoms with E-state index in [1.165, 1.54) is 0 Å². The molecule has 124 valence electrons. The molecule has 0 spiro atoms. The van der Waals surface area contributed by atoms with Gasteiger partial charge in [-0.25, -0.2) is 0 Å². The van der Waals surface area contributed by atoms with Crippen LogP contribution in [-0.2, 0) is 16.0 Å². The maximum atomic E-state index is 12.3. The third-order valence-corrected chi connectivity index (χ3v) is 4.88. The Morgan fingerprint density at radius 1 is 1.30 bits per heavy atom. The number of carbonyl (C=O) groups is 2. The Morgan fingerprint density at radius 3 is 2.65 bits per heavy atom. The molecule has 1 aliphatic carbocycles. The molecule has 3 rings (SSSR count). The summed E-state index contributed by atoms with van der Waals surface area (Å²) in [6, 6.07) is 5.98. The highest BCUT2D eigenvalue weighted by Crippen LogP contribution is 2.27. The van der Waals surface area contributed by atoms with E-state index in [-0.39, 0.29) is 23.8 Å². The summed E-state index contributed by atoms with van der Waals surface area (Å²) in [5, 5.41) is 3.04. The minimum Gasteiger partial charge on any atom is -0.496 e. The number of likely N-dealkylation sites (tertiary alicyclic amines) is 1. The molecule has 5 nitrogen and oxygen atoms in total. The lowest BCUT2D eigenvalue weighted by atomic mass is 9.84. The lowest BCUT2D eigenvalue weighted by Crippen LogP contribution is -2.62. The van der Waals surface area contributed by atoms with Gasteiger partial charge in [-0.3, -0.25) is 9.59 Å². The van der Waals surface area contributed by atoms with Gasteiger partial charge in [0.2, 0.25) is 11.8 Å². The average molecular weight is 316 g/mol. The molecular formula is C18H24N2O3. The van der Waals surface area contributed by atoms with Gasteiger partial charge >= 0.3 is 0 Å². The smallest absolute Gasteiger partial charge is 0.227 e. The molecular weight excluding hydrogens is 292 g/mol.